The van der Waals surface area contributed by atoms with Gasteiger partial charge < -0.3 is 4.42 Å². The van der Waals surface area contributed by atoms with Crippen LogP contribution in [0, 0.1) is 0 Å². The van der Waals surface area contributed by atoms with Crippen molar-refractivity contribution in [3.63, 3.8) is 0 Å². The highest BCUT2D eigenvalue weighted by Crippen LogP contribution is 1.98. The molecule has 0 unspecified atom stereocenters. The van der Waals surface area contributed by atoms with E-state index in [1.54, 1.807) is 12.3 Å². The van der Waals surface area contributed by atoms with Gasteiger partial charge in [-0.1, -0.05) is 30.9 Å². The fourth-order valence-electron chi connectivity index (χ4n) is 0.800. The van der Waals surface area contributed by atoms with Crippen molar-refractivity contribution < 1.29 is 4.42 Å². The van der Waals surface area contributed by atoms with Crippen molar-refractivity contribution in [2.45, 2.75) is 6.42 Å². The minimum Gasteiger partial charge on any atom is -0.465 e. The first kappa shape index (κ1) is 8.60. The van der Waals surface area contributed by atoms with Crippen molar-refractivity contribution in [2.24, 2.45) is 0 Å². The molecule has 1 heterocycles. The maximum Gasteiger partial charge on any atom is 0.126 e. The predicted octanol–water partition coefficient (Wildman–Crippen LogP) is 3.43. The van der Waals surface area contributed by atoms with E-state index in [1.165, 1.54) is 0 Å². The molecule has 0 saturated carbocycles. The van der Waals surface area contributed by atoms with E-state index < -0.39 is 0 Å². The molecular formula is C11H12O. The summed E-state index contributed by atoms with van der Waals surface area (Å²) in [7, 11) is 0. The van der Waals surface area contributed by atoms with Gasteiger partial charge in [0.15, 0.2) is 0 Å². The minimum absolute atomic E-state index is 0.819. The lowest BCUT2D eigenvalue weighted by Crippen LogP contribution is -1.50. The van der Waals surface area contributed by atoms with Gasteiger partial charge in [0.1, 0.15) is 5.76 Å². The van der Waals surface area contributed by atoms with E-state index in [0.29, 0.717) is 0 Å². The molecule has 1 heteroatoms. The summed E-state index contributed by atoms with van der Waals surface area (Å²) in [6.45, 7) is 3.51. The molecule has 1 aliphatic rings. The van der Waals surface area contributed by atoms with Crippen molar-refractivity contribution in [1.29, 1.82) is 0 Å². The SMILES string of the molecule is C1=CCC=C1.C=Cc1ccco1. The van der Waals surface area contributed by atoms with E-state index in [-0.39, 0.29) is 0 Å². The first-order valence-corrected chi connectivity index (χ1v) is 3.91. The van der Waals surface area contributed by atoms with Crippen molar-refractivity contribution in [3.05, 3.63) is 55.0 Å². The molecule has 1 nitrogen and oxygen atoms in total. The number of hydrogen-bond acceptors (Lipinski definition) is 1. The Bertz CT molecular complexity index is 255. The van der Waals surface area contributed by atoms with Crippen LogP contribution in [0.1, 0.15) is 12.2 Å². The Labute approximate surface area is 72.7 Å². The third-order valence-electron chi connectivity index (χ3n) is 1.40. The average Bonchev–Trinajstić information content (AvgIpc) is 2.81. The van der Waals surface area contributed by atoms with Crippen LogP contribution in [0.2, 0.25) is 0 Å². The Kier molecular flexibility index (Phi) is 3.72. The molecule has 0 radical (unpaired) electrons. The fraction of sp³-hybridized carbons (Fsp3) is 0.0909. The highest BCUT2D eigenvalue weighted by Gasteiger charge is 1.80. The monoisotopic (exact) mass is 160 g/mol. The summed E-state index contributed by atoms with van der Waals surface area (Å²) in [6.07, 6.45) is 12.8. The summed E-state index contributed by atoms with van der Waals surface area (Å²) in [4.78, 5) is 0. The second kappa shape index (κ2) is 5.19. The third-order valence-corrected chi connectivity index (χ3v) is 1.40. The molecule has 0 aromatic carbocycles. The molecular weight excluding hydrogens is 148 g/mol. The summed E-state index contributed by atoms with van der Waals surface area (Å²) in [6, 6.07) is 3.68. The van der Waals surface area contributed by atoms with Gasteiger partial charge in [0.25, 0.3) is 0 Å². The normalized spacial score (nSPS) is 12.3. The van der Waals surface area contributed by atoms with Gasteiger partial charge in [0, 0.05) is 0 Å². The van der Waals surface area contributed by atoms with Crippen LogP contribution in [0.25, 0.3) is 6.08 Å². The minimum atomic E-state index is 0.819. The molecule has 62 valence electrons. The highest BCUT2D eigenvalue weighted by atomic mass is 16.3. The lowest BCUT2D eigenvalue weighted by molar-refractivity contribution is 0.557. The van der Waals surface area contributed by atoms with Crippen molar-refractivity contribution in [2.75, 3.05) is 0 Å². The molecule has 0 amide bonds. The molecule has 0 bridgehead atoms. The molecule has 0 saturated heterocycles. The number of allylic oxidation sites excluding steroid dienone is 4. The van der Waals surface area contributed by atoms with E-state index >= 15 is 0 Å². The van der Waals surface area contributed by atoms with E-state index in [9.17, 15) is 0 Å². The fourth-order valence-corrected chi connectivity index (χ4v) is 0.800. The number of rotatable bonds is 1. The molecule has 2 rings (SSSR count). The zero-order valence-electron chi connectivity index (χ0n) is 6.94. The molecule has 0 N–H and O–H groups in total. The molecule has 0 spiro atoms. The van der Waals surface area contributed by atoms with Gasteiger partial charge in [0.05, 0.1) is 6.26 Å². The molecule has 12 heavy (non-hydrogen) atoms. The maximum atomic E-state index is 4.86. The summed E-state index contributed by atoms with van der Waals surface area (Å²) in [5, 5.41) is 0. The van der Waals surface area contributed by atoms with Crippen LogP contribution in [0.5, 0.6) is 0 Å². The first-order valence-electron chi connectivity index (χ1n) is 3.91. The summed E-state index contributed by atoms with van der Waals surface area (Å²) in [5.74, 6) is 0.819. The summed E-state index contributed by atoms with van der Waals surface area (Å²) in [5.41, 5.74) is 0. The summed E-state index contributed by atoms with van der Waals surface area (Å²) >= 11 is 0. The average molecular weight is 160 g/mol. The lowest BCUT2D eigenvalue weighted by atomic mass is 10.5. The quantitative estimate of drug-likeness (QED) is 0.613. The Balaban J connectivity index is 0.000000127. The van der Waals surface area contributed by atoms with Crippen molar-refractivity contribution in [1.82, 2.24) is 0 Å². The molecule has 1 aliphatic carbocycles. The lowest BCUT2D eigenvalue weighted by Gasteiger charge is -1.73. The zero-order chi connectivity index (χ0) is 8.65. The summed E-state index contributed by atoms with van der Waals surface area (Å²) < 4.78 is 4.86. The Morgan fingerprint density at radius 2 is 2.08 bits per heavy atom. The van der Waals surface area contributed by atoms with Gasteiger partial charge in [-0.05, 0) is 24.6 Å². The molecule has 1 aromatic rings. The van der Waals surface area contributed by atoms with Crippen LogP contribution in [-0.4, -0.2) is 0 Å². The number of furan rings is 1. The van der Waals surface area contributed by atoms with Gasteiger partial charge in [-0.2, -0.15) is 0 Å². The topological polar surface area (TPSA) is 13.1 Å². The maximum absolute atomic E-state index is 4.86. The Morgan fingerprint density at radius 1 is 1.33 bits per heavy atom. The van der Waals surface area contributed by atoms with Gasteiger partial charge in [-0.15, -0.1) is 0 Å². The Hall–Kier alpha value is -1.50. The van der Waals surface area contributed by atoms with E-state index in [1.807, 2.05) is 12.1 Å². The Morgan fingerprint density at radius 3 is 2.33 bits per heavy atom. The smallest absolute Gasteiger partial charge is 0.126 e. The van der Waals surface area contributed by atoms with Crippen LogP contribution in [0.3, 0.4) is 0 Å². The first-order chi connectivity index (χ1) is 5.93. The molecule has 0 fully saturated rings. The van der Waals surface area contributed by atoms with Crippen molar-refractivity contribution >= 4 is 6.08 Å². The standard InChI is InChI=1S/C6H6O.C5H6/c1-2-6-4-3-5-7-6;1-2-4-5-3-1/h2-5H,1H2;1-4H,5H2. The highest BCUT2D eigenvalue weighted by molar-refractivity contribution is 5.38. The third kappa shape index (κ3) is 3.06. The molecule has 1 aromatic heterocycles. The van der Waals surface area contributed by atoms with Gasteiger partial charge in [0.2, 0.25) is 0 Å². The van der Waals surface area contributed by atoms with Gasteiger partial charge in [-0.25, -0.2) is 0 Å². The zero-order valence-corrected chi connectivity index (χ0v) is 6.94. The van der Waals surface area contributed by atoms with Crippen LogP contribution in [0.15, 0.2) is 53.7 Å². The van der Waals surface area contributed by atoms with Crippen LogP contribution in [0.4, 0.5) is 0 Å². The number of hydrogen-bond donors (Lipinski definition) is 0. The molecule has 0 aliphatic heterocycles. The van der Waals surface area contributed by atoms with E-state index in [2.05, 4.69) is 30.9 Å². The van der Waals surface area contributed by atoms with Crippen LogP contribution in [-0.2, 0) is 0 Å². The second-order valence-corrected chi connectivity index (χ2v) is 2.31. The van der Waals surface area contributed by atoms with Crippen molar-refractivity contribution in [3.8, 4) is 0 Å². The molecule has 0 atom stereocenters. The predicted molar refractivity (Wildman–Crippen MR) is 51.7 cm³/mol. The van der Waals surface area contributed by atoms with Gasteiger partial charge >= 0.3 is 0 Å². The largest absolute Gasteiger partial charge is 0.465 e. The van der Waals surface area contributed by atoms with E-state index in [0.717, 1.165) is 12.2 Å². The second-order valence-electron chi connectivity index (χ2n) is 2.31. The van der Waals surface area contributed by atoms with E-state index in [4.69, 9.17) is 4.42 Å². The van der Waals surface area contributed by atoms with Gasteiger partial charge in [-0.3, -0.25) is 0 Å². The van der Waals surface area contributed by atoms with Crippen LogP contribution >= 0.6 is 0 Å². The van der Waals surface area contributed by atoms with Crippen LogP contribution < -0.4 is 0 Å².